The number of nitrogens with two attached hydrogens (primary N) is 1. The van der Waals surface area contributed by atoms with E-state index >= 15 is 0 Å². The lowest BCUT2D eigenvalue weighted by molar-refractivity contribution is -0.151. The van der Waals surface area contributed by atoms with Crippen LogP contribution in [0, 0.1) is 5.92 Å². The molecule has 1 aliphatic rings. The van der Waals surface area contributed by atoms with E-state index < -0.39 is 0 Å². The van der Waals surface area contributed by atoms with Crippen molar-refractivity contribution in [2.45, 2.75) is 64.4 Å². The van der Waals surface area contributed by atoms with Crippen LogP contribution in [-0.4, -0.2) is 18.6 Å². The highest BCUT2D eigenvalue weighted by atomic mass is 16.5. The molecule has 0 bridgehead atoms. The molecule has 16 heavy (non-hydrogen) atoms. The molecule has 0 heterocycles. The minimum absolute atomic E-state index is 0.0322. The van der Waals surface area contributed by atoms with Gasteiger partial charge in [0.2, 0.25) is 0 Å². The monoisotopic (exact) mass is 227 g/mol. The summed E-state index contributed by atoms with van der Waals surface area (Å²) in [5, 5.41) is 0. The Kier molecular flexibility index (Phi) is 6.46. The minimum atomic E-state index is -0.0322. The first kappa shape index (κ1) is 13.5. The Labute approximate surface area is 98.7 Å². The number of hydrogen-bond acceptors (Lipinski definition) is 3. The summed E-state index contributed by atoms with van der Waals surface area (Å²) < 4.78 is 5.49. The van der Waals surface area contributed by atoms with Crippen LogP contribution in [0.25, 0.3) is 0 Å². The van der Waals surface area contributed by atoms with Crippen molar-refractivity contribution in [2.75, 3.05) is 6.54 Å². The van der Waals surface area contributed by atoms with Gasteiger partial charge < -0.3 is 10.5 Å². The maximum absolute atomic E-state index is 11.5. The van der Waals surface area contributed by atoms with E-state index in [0.717, 1.165) is 31.6 Å². The lowest BCUT2D eigenvalue weighted by atomic mass is 9.85. The Morgan fingerprint density at radius 2 is 2.19 bits per heavy atom. The molecular weight excluding hydrogens is 202 g/mol. The number of esters is 1. The van der Waals surface area contributed by atoms with Crippen LogP contribution in [0.2, 0.25) is 0 Å². The second-order valence-electron chi connectivity index (χ2n) is 4.80. The van der Waals surface area contributed by atoms with E-state index in [1.165, 1.54) is 19.3 Å². The van der Waals surface area contributed by atoms with Crippen LogP contribution in [0.5, 0.6) is 0 Å². The first-order valence-electron chi connectivity index (χ1n) is 6.65. The summed E-state index contributed by atoms with van der Waals surface area (Å²) in [7, 11) is 0. The Hall–Kier alpha value is -0.570. The van der Waals surface area contributed by atoms with Gasteiger partial charge in [-0.15, -0.1) is 0 Å². The molecule has 1 saturated carbocycles. The number of carbonyl (C=O) groups excluding carboxylic acids is 1. The van der Waals surface area contributed by atoms with Gasteiger partial charge in [-0.1, -0.05) is 19.8 Å². The van der Waals surface area contributed by atoms with E-state index in [2.05, 4.69) is 6.92 Å². The molecule has 1 rings (SSSR count). The van der Waals surface area contributed by atoms with Gasteiger partial charge in [0, 0.05) is 6.42 Å². The van der Waals surface area contributed by atoms with Crippen LogP contribution in [0.1, 0.15) is 58.3 Å². The number of unbranched alkanes of at least 4 members (excludes halogenated alkanes) is 1. The molecular formula is C13H25NO2. The van der Waals surface area contributed by atoms with Crippen LogP contribution in [0.15, 0.2) is 0 Å². The highest BCUT2D eigenvalue weighted by Crippen LogP contribution is 2.28. The topological polar surface area (TPSA) is 52.3 Å². The van der Waals surface area contributed by atoms with Gasteiger partial charge in [-0.3, -0.25) is 4.79 Å². The molecule has 2 unspecified atom stereocenters. The number of ether oxygens (including phenoxy) is 1. The molecule has 0 amide bonds. The first-order valence-corrected chi connectivity index (χ1v) is 6.65. The van der Waals surface area contributed by atoms with Crippen LogP contribution >= 0.6 is 0 Å². The third kappa shape index (κ3) is 4.97. The van der Waals surface area contributed by atoms with Gasteiger partial charge in [-0.25, -0.2) is 0 Å². The summed E-state index contributed by atoms with van der Waals surface area (Å²) in [6, 6.07) is 0. The van der Waals surface area contributed by atoms with Gasteiger partial charge in [0.25, 0.3) is 0 Å². The third-order valence-electron chi connectivity index (χ3n) is 3.45. The van der Waals surface area contributed by atoms with Gasteiger partial charge in [-0.2, -0.15) is 0 Å². The Morgan fingerprint density at radius 3 is 2.88 bits per heavy atom. The second-order valence-corrected chi connectivity index (χ2v) is 4.80. The molecule has 0 aromatic heterocycles. The quantitative estimate of drug-likeness (QED) is 0.560. The lowest BCUT2D eigenvalue weighted by Crippen LogP contribution is -2.25. The summed E-state index contributed by atoms with van der Waals surface area (Å²) in [4.78, 5) is 11.5. The van der Waals surface area contributed by atoms with E-state index in [1.807, 2.05) is 0 Å². The zero-order chi connectivity index (χ0) is 11.8. The number of carbonyl (C=O) groups is 1. The minimum Gasteiger partial charge on any atom is -0.462 e. The van der Waals surface area contributed by atoms with E-state index in [9.17, 15) is 4.79 Å². The SMILES string of the molecule is CCC1CCCC(OC(=O)CCCCN)C1. The highest BCUT2D eigenvalue weighted by Gasteiger charge is 2.23. The molecule has 0 aromatic rings. The fourth-order valence-electron chi connectivity index (χ4n) is 2.38. The van der Waals surface area contributed by atoms with Crippen molar-refractivity contribution in [1.82, 2.24) is 0 Å². The summed E-state index contributed by atoms with van der Waals surface area (Å²) in [5.74, 6) is 0.728. The van der Waals surface area contributed by atoms with Crippen molar-refractivity contribution in [3.63, 3.8) is 0 Å². The molecule has 1 fully saturated rings. The van der Waals surface area contributed by atoms with E-state index in [0.29, 0.717) is 13.0 Å². The van der Waals surface area contributed by atoms with Gasteiger partial charge in [0.1, 0.15) is 6.10 Å². The van der Waals surface area contributed by atoms with Crippen molar-refractivity contribution in [3.05, 3.63) is 0 Å². The average molecular weight is 227 g/mol. The highest BCUT2D eigenvalue weighted by molar-refractivity contribution is 5.69. The molecule has 2 atom stereocenters. The largest absolute Gasteiger partial charge is 0.462 e. The van der Waals surface area contributed by atoms with Gasteiger partial charge in [0.05, 0.1) is 0 Å². The second kappa shape index (κ2) is 7.66. The predicted octanol–water partition coefficient (Wildman–Crippen LogP) is 2.63. The molecule has 94 valence electrons. The van der Waals surface area contributed by atoms with Crippen molar-refractivity contribution in [3.8, 4) is 0 Å². The Bertz CT molecular complexity index is 206. The van der Waals surface area contributed by atoms with Gasteiger partial charge >= 0.3 is 5.97 Å². The lowest BCUT2D eigenvalue weighted by Gasteiger charge is -2.28. The fraction of sp³-hybridized carbons (Fsp3) is 0.923. The number of rotatable bonds is 6. The Morgan fingerprint density at radius 1 is 1.38 bits per heavy atom. The van der Waals surface area contributed by atoms with Crippen LogP contribution < -0.4 is 5.73 Å². The summed E-state index contributed by atoms with van der Waals surface area (Å²) >= 11 is 0. The molecule has 1 aliphatic carbocycles. The maximum Gasteiger partial charge on any atom is 0.306 e. The Balaban J connectivity index is 2.17. The molecule has 2 N–H and O–H groups in total. The molecule has 0 radical (unpaired) electrons. The standard InChI is InChI=1S/C13H25NO2/c1-2-11-6-5-7-12(10-11)16-13(15)8-3-4-9-14/h11-12H,2-10,14H2,1H3. The van der Waals surface area contributed by atoms with Crippen molar-refractivity contribution < 1.29 is 9.53 Å². The molecule has 0 aliphatic heterocycles. The summed E-state index contributed by atoms with van der Waals surface area (Å²) in [6.07, 6.45) is 8.33. The van der Waals surface area contributed by atoms with Gasteiger partial charge in [0.15, 0.2) is 0 Å². The normalized spacial score (nSPS) is 25.4. The molecule has 0 spiro atoms. The fourth-order valence-corrected chi connectivity index (χ4v) is 2.38. The van der Waals surface area contributed by atoms with E-state index in [-0.39, 0.29) is 12.1 Å². The predicted molar refractivity (Wildman–Crippen MR) is 65.0 cm³/mol. The summed E-state index contributed by atoms with van der Waals surface area (Å²) in [6.45, 7) is 2.88. The summed E-state index contributed by atoms with van der Waals surface area (Å²) in [5.41, 5.74) is 5.38. The van der Waals surface area contributed by atoms with Crippen molar-refractivity contribution >= 4 is 5.97 Å². The zero-order valence-corrected chi connectivity index (χ0v) is 10.4. The van der Waals surface area contributed by atoms with E-state index in [4.69, 9.17) is 10.5 Å². The maximum atomic E-state index is 11.5. The first-order chi connectivity index (χ1) is 7.76. The molecule has 0 saturated heterocycles. The molecule has 3 heteroatoms. The van der Waals surface area contributed by atoms with E-state index in [1.54, 1.807) is 0 Å². The van der Waals surface area contributed by atoms with Crippen LogP contribution in [-0.2, 0) is 9.53 Å². The number of hydrogen-bond donors (Lipinski definition) is 1. The third-order valence-corrected chi connectivity index (χ3v) is 3.45. The van der Waals surface area contributed by atoms with Crippen LogP contribution in [0.4, 0.5) is 0 Å². The smallest absolute Gasteiger partial charge is 0.306 e. The molecule has 3 nitrogen and oxygen atoms in total. The average Bonchev–Trinajstić information content (AvgIpc) is 2.29. The van der Waals surface area contributed by atoms with Crippen molar-refractivity contribution in [1.29, 1.82) is 0 Å². The van der Waals surface area contributed by atoms with Gasteiger partial charge in [-0.05, 0) is 44.6 Å². The molecule has 0 aromatic carbocycles. The van der Waals surface area contributed by atoms with Crippen LogP contribution in [0.3, 0.4) is 0 Å². The van der Waals surface area contributed by atoms with Crippen molar-refractivity contribution in [2.24, 2.45) is 11.7 Å². The zero-order valence-electron chi connectivity index (χ0n) is 10.4.